The SMILES string of the molecule is O.O=C(CO)[C@@H](O)[C@H](O)[C@H](O)COP(=O)(O)O. The summed E-state index contributed by atoms with van der Waals surface area (Å²) in [7, 11) is -4.81. The van der Waals surface area contributed by atoms with Crippen molar-refractivity contribution in [2.24, 2.45) is 0 Å². The molecule has 17 heavy (non-hydrogen) atoms. The van der Waals surface area contributed by atoms with E-state index in [-0.39, 0.29) is 5.48 Å². The summed E-state index contributed by atoms with van der Waals surface area (Å²) >= 11 is 0. The number of aliphatic hydroxyl groups is 4. The van der Waals surface area contributed by atoms with E-state index in [0.29, 0.717) is 0 Å². The maximum Gasteiger partial charge on any atom is 0.469 e. The lowest BCUT2D eigenvalue weighted by Crippen LogP contribution is -2.45. The van der Waals surface area contributed by atoms with Gasteiger partial charge in [-0.3, -0.25) is 9.32 Å². The van der Waals surface area contributed by atoms with Gasteiger partial charge in [0.1, 0.15) is 24.9 Å². The molecule has 10 nitrogen and oxygen atoms in total. The Balaban J connectivity index is 0. The van der Waals surface area contributed by atoms with Gasteiger partial charge in [0, 0.05) is 0 Å². The van der Waals surface area contributed by atoms with Crippen LogP contribution in [-0.2, 0) is 13.9 Å². The van der Waals surface area contributed by atoms with E-state index in [2.05, 4.69) is 4.52 Å². The minimum absolute atomic E-state index is 0. The van der Waals surface area contributed by atoms with Gasteiger partial charge in [0.2, 0.25) is 0 Å². The van der Waals surface area contributed by atoms with Crippen LogP contribution in [0, 0.1) is 0 Å². The van der Waals surface area contributed by atoms with E-state index in [1.165, 1.54) is 0 Å². The van der Waals surface area contributed by atoms with Gasteiger partial charge in [-0.25, -0.2) is 4.57 Å². The van der Waals surface area contributed by atoms with Gasteiger partial charge < -0.3 is 35.7 Å². The van der Waals surface area contributed by atoms with E-state index in [1.54, 1.807) is 0 Å². The quantitative estimate of drug-likeness (QED) is 0.251. The van der Waals surface area contributed by atoms with Crippen LogP contribution in [0.4, 0.5) is 0 Å². The van der Waals surface area contributed by atoms with Crippen LogP contribution in [0.15, 0.2) is 0 Å². The minimum Gasteiger partial charge on any atom is -0.412 e. The van der Waals surface area contributed by atoms with E-state index in [9.17, 15) is 9.36 Å². The second-order valence-corrected chi connectivity index (χ2v) is 4.15. The number of Topliss-reactive ketones (excluding diaryl/α,β-unsaturated/α-hetero) is 1. The first-order valence-electron chi connectivity index (χ1n) is 4.07. The van der Waals surface area contributed by atoms with Crippen LogP contribution >= 0.6 is 7.82 Å². The molecule has 104 valence electrons. The van der Waals surface area contributed by atoms with Crippen LogP contribution < -0.4 is 0 Å². The molecule has 0 aliphatic heterocycles. The number of rotatable bonds is 7. The highest BCUT2D eigenvalue weighted by molar-refractivity contribution is 7.46. The molecule has 0 aromatic rings. The molecule has 3 atom stereocenters. The van der Waals surface area contributed by atoms with Crippen LogP contribution in [0.1, 0.15) is 0 Å². The molecule has 0 bridgehead atoms. The Hall–Kier alpha value is -0.420. The van der Waals surface area contributed by atoms with Crippen LogP contribution in [-0.4, -0.2) is 73.0 Å². The average Bonchev–Trinajstić information content (AvgIpc) is 2.21. The van der Waals surface area contributed by atoms with Crippen molar-refractivity contribution < 1.29 is 49.6 Å². The fourth-order valence-corrected chi connectivity index (χ4v) is 1.11. The Morgan fingerprint density at radius 3 is 2.06 bits per heavy atom. The molecule has 0 aromatic carbocycles. The lowest BCUT2D eigenvalue weighted by molar-refractivity contribution is -0.142. The summed E-state index contributed by atoms with van der Waals surface area (Å²) in [4.78, 5) is 27.2. The second kappa shape index (κ2) is 7.82. The van der Waals surface area contributed by atoms with Crippen LogP contribution in [0.3, 0.4) is 0 Å². The van der Waals surface area contributed by atoms with Crippen molar-refractivity contribution in [1.82, 2.24) is 0 Å². The first-order chi connectivity index (χ1) is 7.19. The van der Waals surface area contributed by atoms with E-state index in [4.69, 9.17) is 30.2 Å². The van der Waals surface area contributed by atoms with Gasteiger partial charge in [-0.2, -0.15) is 0 Å². The molecule has 0 aliphatic carbocycles. The number of carbonyl (C=O) groups excluding carboxylic acids is 1. The first-order valence-corrected chi connectivity index (χ1v) is 5.60. The molecule has 8 N–H and O–H groups in total. The Labute approximate surface area is 95.6 Å². The molecule has 0 heterocycles. The standard InChI is InChI=1S/C6H13O9P.H2O/c7-1-3(8)5(10)6(11)4(9)2-15-16(12,13)14;/h4-7,9-11H,1-2H2,(H2,12,13,14);1H2/t4-,5-,6-;/m1./s1. The van der Waals surface area contributed by atoms with Crippen molar-refractivity contribution in [2.75, 3.05) is 13.2 Å². The molecule has 0 saturated carbocycles. The van der Waals surface area contributed by atoms with Crippen molar-refractivity contribution in [3.05, 3.63) is 0 Å². The summed E-state index contributed by atoms with van der Waals surface area (Å²) in [5.74, 6) is -1.14. The van der Waals surface area contributed by atoms with Crippen molar-refractivity contribution in [3.63, 3.8) is 0 Å². The summed E-state index contributed by atoms with van der Waals surface area (Å²) in [5, 5.41) is 35.6. The molecular formula is C6H15O10P. The molecule has 11 heteroatoms. The third-order valence-corrected chi connectivity index (χ3v) is 2.10. The summed E-state index contributed by atoms with van der Waals surface area (Å²) < 4.78 is 14.1. The van der Waals surface area contributed by atoms with Crippen LogP contribution in [0.2, 0.25) is 0 Å². The van der Waals surface area contributed by atoms with Crippen molar-refractivity contribution in [1.29, 1.82) is 0 Å². The van der Waals surface area contributed by atoms with Gasteiger partial charge in [-0.1, -0.05) is 0 Å². The van der Waals surface area contributed by atoms with Gasteiger partial charge in [0.05, 0.1) is 6.61 Å². The fraction of sp³-hybridized carbons (Fsp3) is 0.833. The Kier molecular flexibility index (Phi) is 8.71. The number of ketones is 1. The van der Waals surface area contributed by atoms with Gasteiger partial charge in [-0.15, -0.1) is 0 Å². The highest BCUT2D eigenvalue weighted by Crippen LogP contribution is 2.35. The van der Waals surface area contributed by atoms with Crippen molar-refractivity contribution in [3.8, 4) is 0 Å². The Morgan fingerprint density at radius 2 is 1.71 bits per heavy atom. The predicted octanol–water partition coefficient (Wildman–Crippen LogP) is -4.08. The van der Waals surface area contributed by atoms with E-state index in [1.807, 2.05) is 0 Å². The normalized spacial score (nSPS) is 16.8. The summed E-state index contributed by atoms with van der Waals surface area (Å²) in [5.41, 5.74) is 0. The number of hydrogen-bond acceptors (Lipinski definition) is 7. The van der Waals surface area contributed by atoms with Crippen molar-refractivity contribution >= 4 is 13.6 Å². The lowest BCUT2D eigenvalue weighted by Gasteiger charge is -2.21. The number of aliphatic hydroxyl groups excluding tert-OH is 4. The zero-order chi connectivity index (χ0) is 12.9. The molecule has 0 aromatic heterocycles. The van der Waals surface area contributed by atoms with Gasteiger partial charge in [-0.05, 0) is 0 Å². The van der Waals surface area contributed by atoms with Gasteiger partial charge in [0.25, 0.3) is 0 Å². The van der Waals surface area contributed by atoms with E-state index >= 15 is 0 Å². The van der Waals surface area contributed by atoms with Gasteiger partial charge >= 0.3 is 7.82 Å². The first kappa shape index (κ1) is 18.9. The number of carbonyl (C=O) groups is 1. The molecular weight excluding hydrogens is 263 g/mol. The fourth-order valence-electron chi connectivity index (χ4n) is 0.766. The number of phosphoric ester groups is 1. The van der Waals surface area contributed by atoms with Gasteiger partial charge in [0.15, 0.2) is 5.78 Å². The maximum atomic E-state index is 10.7. The molecule has 0 saturated heterocycles. The molecule has 0 aliphatic rings. The molecule has 0 spiro atoms. The van der Waals surface area contributed by atoms with Crippen LogP contribution in [0.25, 0.3) is 0 Å². The van der Waals surface area contributed by atoms with Crippen LogP contribution in [0.5, 0.6) is 0 Å². The topological polar surface area (TPSA) is 196 Å². The number of hydrogen-bond donors (Lipinski definition) is 6. The third kappa shape index (κ3) is 7.49. The predicted molar refractivity (Wildman–Crippen MR) is 51.7 cm³/mol. The second-order valence-electron chi connectivity index (χ2n) is 2.91. The maximum absolute atomic E-state index is 10.7. The molecule has 0 unspecified atom stereocenters. The molecule has 0 fully saturated rings. The average molecular weight is 278 g/mol. The largest absolute Gasteiger partial charge is 0.469 e. The Morgan fingerprint density at radius 1 is 1.24 bits per heavy atom. The summed E-state index contributed by atoms with van der Waals surface area (Å²) in [6.45, 7) is -2.01. The third-order valence-electron chi connectivity index (χ3n) is 1.62. The summed E-state index contributed by atoms with van der Waals surface area (Å²) in [6.07, 6.45) is -5.94. The Bertz CT molecular complexity index is 274. The lowest BCUT2D eigenvalue weighted by atomic mass is 10.1. The zero-order valence-electron chi connectivity index (χ0n) is 8.50. The van der Waals surface area contributed by atoms with E-state index < -0.39 is 45.1 Å². The minimum atomic E-state index is -4.81. The molecule has 0 amide bonds. The molecule has 0 radical (unpaired) electrons. The zero-order valence-corrected chi connectivity index (χ0v) is 9.40. The smallest absolute Gasteiger partial charge is 0.412 e. The van der Waals surface area contributed by atoms with Crippen molar-refractivity contribution in [2.45, 2.75) is 18.3 Å². The highest BCUT2D eigenvalue weighted by Gasteiger charge is 2.31. The van der Waals surface area contributed by atoms with E-state index in [0.717, 1.165) is 0 Å². The highest BCUT2D eigenvalue weighted by atomic mass is 31.2. The summed E-state index contributed by atoms with van der Waals surface area (Å²) in [6, 6.07) is 0. The molecule has 0 rings (SSSR count). The number of phosphoric acid groups is 1. The monoisotopic (exact) mass is 278 g/mol.